The number of amides is 2. The van der Waals surface area contributed by atoms with Crippen LogP contribution in [0.3, 0.4) is 0 Å². The van der Waals surface area contributed by atoms with E-state index in [1.165, 1.54) is 0 Å². The molecule has 2 saturated heterocycles. The predicted molar refractivity (Wildman–Crippen MR) is 70.5 cm³/mol. The number of nitrogens with one attached hydrogen (secondary N) is 2. The molecule has 130 valence electrons. The molecule has 0 saturated carbocycles. The van der Waals surface area contributed by atoms with E-state index < -0.39 is 46.3 Å². The minimum atomic E-state index is -5.29. The van der Waals surface area contributed by atoms with Gasteiger partial charge in [-0.05, 0) is 25.1 Å². The van der Waals surface area contributed by atoms with E-state index in [9.17, 15) is 31.5 Å². The second-order valence-corrected chi connectivity index (χ2v) is 5.79. The molecule has 2 amide bonds. The van der Waals surface area contributed by atoms with E-state index >= 15 is 0 Å². The van der Waals surface area contributed by atoms with Gasteiger partial charge >= 0.3 is 6.18 Å². The molecule has 2 aliphatic heterocycles. The average molecular weight is 349 g/mol. The topological polar surface area (TPSA) is 61.4 Å². The summed E-state index contributed by atoms with van der Waals surface area (Å²) in [5.74, 6) is -5.44. The maximum atomic E-state index is 14.2. The molecule has 2 fully saturated rings. The number of benzene rings is 1. The molecular formula is C14H12F5N3O2. The van der Waals surface area contributed by atoms with Crippen LogP contribution >= 0.6 is 0 Å². The van der Waals surface area contributed by atoms with Crippen molar-refractivity contribution in [3.05, 3.63) is 34.9 Å². The highest BCUT2D eigenvalue weighted by Crippen LogP contribution is 2.36. The van der Waals surface area contributed by atoms with Gasteiger partial charge in [-0.1, -0.05) is 0 Å². The van der Waals surface area contributed by atoms with Gasteiger partial charge in [-0.25, -0.2) is 13.8 Å². The zero-order valence-electron chi connectivity index (χ0n) is 12.1. The molecule has 0 aromatic heterocycles. The molecule has 1 spiro atoms. The number of hydrogen-bond donors (Lipinski definition) is 2. The van der Waals surface area contributed by atoms with Crippen molar-refractivity contribution in [1.29, 1.82) is 0 Å². The Balaban J connectivity index is 2.03. The van der Waals surface area contributed by atoms with Crippen LogP contribution in [0.5, 0.6) is 0 Å². The highest BCUT2D eigenvalue weighted by Gasteiger charge is 2.51. The van der Waals surface area contributed by atoms with E-state index in [1.54, 1.807) is 0 Å². The Labute approximate surface area is 132 Å². The fraction of sp³-hybridized carbons (Fsp3) is 0.429. The normalized spacial score (nSPS) is 23.9. The highest BCUT2D eigenvalue weighted by molar-refractivity contribution is 5.98. The summed E-state index contributed by atoms with van der Waals surface area (Å²) in [7, 11) is 0. The van der Waals surface area contributed by atoms with Crippen LogP contribution in [0, 0.1) is 11.6 Å². The first-order chi connectivity index (χ1) is 11.2. The lowest BCUT2D eigenvalue weighted by atomic mass is 9.94. The van der Waals surface area contributed by atoms with Crippen molar-refractivity contribution >= 4 is 11.8 Å². The minimum absolute atomic E-state index is 0.0410. The average Bonchev–Trinajstić information content (AvgIpc) is 3.04. The SMILES string of the molecule is O=C1CC2(CCNC2)N(C(=O)c2ccc(F)c(C(F)(F)F)c2F)N1. The van der Waals surface area contributed by atoms with Crippen LogP contribution in [0.25, 0.3) is 0 Å². The van der Waals surface area contributed by atoms with Crippen LogP contribution in [0.4, 0.5) is 22.0 Å². The Hall–Kier alpha value is -2.23. The fourth-order valence-corrected chi connectivity index (χ4v) is 3.10. The van der Waals surface area contributed by atoms with Gasteiger partial charge in [-0.3, -0.25) is 15.0 Å². The van der Waals surface area contributed by atoms with Crippen molar-refractivity contribution in [2.45, 2.75) is 24.6 Å². The molecular weight excluding hydrogens is 337 g/mol. The number of nitrogens with zero attached hydrogens (tertiary/aromatic N) is 1. The number of halogens is 5. The molecule has 1 atom stereocenters. The molecule has 1 unspecified atom stereocenters. The van der Waals surface area contributed by atoms with Gasteiger partial charge in [0.15, 0.2) is 5.82 Å². The van der Waals surface area contributed by atoms with Gasteiger partial charge in [0.2, 0.25) is 5.91 Å². The third kappa shape index (κ3) is 2.50. The van der Waals surface area contributed by atoms with Crippen molar-refractivity contribution < 1.29 is 31.5 Å². The second-order valence-electron chi connectivity index (χ2n) is 5.79. The Morgan fingerprint density at radius 3 is 2.54 bits per heavy atom. The van der Waals surface area contributed by atoms with Gasteiger partial charge in [0.05, 0.1) is 17.5 Å². The van der Waals surface area contributed by atoms with E-state index in [-0.39, 0.29) is 13.0 Å². The molecule has 0 aliphatic carbocycles. The second kappa shape index (κ2) is 5.40. The van der Waals surface area contributed by atoms with Gasteiger partial charge in [-0.2, -0.15) is 13.2 Å². The highest BCUT2D eigenvalue weighted by atomic mass is 19.4. The summed E-state index contributed by atoms with van der Waals surface area (Å²) in [5, 5.41) is 3.80. The maximum absolute atomic E-state index is 14.2. The van der Waals surface area contributed by atoms with E-state index in [4.69, 9.17) is 0 Å². The summed E-state index contributed by atoms with van der Waals surface area (Å²) in [6, 6.07) is 1.03. The third-order valence-corrected chi connectivity index (χ3v) is 4.23. The zero-order chi connectivity index (χ0) is 17.7. The quantitative estimate of drug-likeness (QED) is 0.757. The van der Waals surface area contributed by atoms with Crippen molar-refractivity contribution in [2.24, 2.45) is 0 Å². The van der Waals surface area contributed by atoms with Crippen LogP contribution in [0.15, 0.2) is 12.1 Å². The van der Waals surface area contributed by atoms with Gasteiger partial charge in [0.25, 0.3) is 5.91 Å². The molecule has 5 nitrogen and oxygen atoms in total. The number of carbonyl (C=O) groups excluding carboxylic acids is 2. The van der Waals surface area contributed by atoms with E-state index in [1.807, 2.05) is 0 Å². The smallest absolute Gasteiger partial charge is 0.314 e. The number of hydrogen-bond acceptors (Lipinski definition) is 3. The van der Waals surface area contributed by atoms with Crippen LogP contribution in [-0.4, -0.2) is 35.5 Å². The summed E-state index contributed by atoms with van der Waals surface area (Å²) < 4.78 is 65.9. The first-order valence-corrected chi connectivity index (χ1v) is 7.06. The fourth-order valence-electron chi connectivity index (χ4n) is 3.10. The zero-order valence-corrected chi connectivity index (χ0v) is 12.1. The number of alkyl halides is 3. The monoisotopic (exact) mass is 349 g/mol. The molecule has 0 bridgehead atoms. The first-order valence-electron chi connectivity index (χ1n) is 7.06. The number of hydrazine groups is 1. The molecule has 1 aromatic carbocycles. The summed E-state index contributed by atoms with van der Waals surface area (Å²) >= 11 is 0. The van der Waals surface area contributed by atoms with Crippen molar-refractivity contribution in [1.82, 2.24) is 15.8 Å². The maximum Gasteiger partial charge on any atom is 0.422 e. The third-order valence-electron chi connectivity index (χ3n) is 4.23. The Morgan fingerprint density at radius 1 is 1.25 bits per heavy atom. The lowest BCUT2D eigenvalue weighted by Crippen LogP contribution is -2.53. The van der Waals surface area contributed by atoms with Gasteiger partial charge in [0.1, 0.15) is 11.4 Å². The Bertz CT molecular complexity index is 713. The summed E-state index contributed by atoms with van der Waals surface area (Å²) in [4.78, 5) is 24.2. The Kier molecular flexibility index (Phi) is 3.74. The number of rotatable bonds is 1. The standard InChI is InChI=1S/C14H12F5N3O2/c15-8-2-1-7(11(16)10(8)14(17,18)19)12(24)22-13(3-4-20-6-13)5-9(23)21-22/h1-2,20H,3-6H2,(H,21,23). The van der Waals surface area contributed by atoms with Crippen LogP contribution in [-0.2, 0) is 11.0 Å². The summed E-state index contributed by atoms with van der Waals surface area (Å²) in [5.41, 5.74) is -1.79. The Morgan fingerprint density at radius 2 is 1.96 bits per heavy atom. The van der Waals surface area contributed by atoms with E-state index in [0.717, 1.165) is 5.01 Å². The lowest BCUT2D eigenvalue weighted by Gasteiger charge is -2.32. The van der Waals surface area contributed by atoms with Crippen molar-refractivity contribution in [3.63, 3.8) is 0 Å². The molecule has 2 N–H and O–H groups in total. The van der Waals surface area contributed by atoms with E-state index in [0.29, 0.717) is 25.1 Å². The van der Waals surface area contributed by atoms with Gasteiger partial charge in [0, 0.05) is 6.54 Å². The molecule has 2 aliphatic rings. The lowest BCUT2D eigenvalue weighted by molar-refractivity contribution is -0.142. The molecule has 10 heteroatoms. The molecule has 3 rings (SSSR count). The van der Waals surface area contributed by atoms with Gasteiger partial charge in [-0.15, -0.1) is 0 Å². The summed E-state index contributed by atoms with van der Waals surface area (Å²) in [6.45, 7) is 0.741. The van der Waals surface area contributed by atoms with E-state index in [2.05, 4.69) is 10.7 Å². The van der Waals surface area contributed by atoms with Crippen molar-refractivity contribution in [2.75, 3.05) is 13.1 Å². The predicted octanol–water partition coefficient (Wildman–Crippen LogP) is 1.59. The minimum Gasteiger partial charge on any atom is -0.314 e. The molecule has 24 heavy (non-hydrogen) atoms. The molecule has 1 aromatic rings. The molecule has 2 heterocycles. The number of carbonyl (C=O) groups is 2. The molecule has 0 radical (unpaired) electrons. The van der Waals surface area contributed by atoms with Gasteiger partial charge < -0.3 is 5.32 Å². The van der Waals surface area contributed by atoms with Crippen LogP contribution < -0.4 is 10.7 Å². The first kappa shape index (κ1) is 16.6. The van der Waals surface area contributed by atoms with Crippen LogP contribution in [0.1, 0.15) is 28.8 Å². The van der Waals surface area contributed by atoms with Crippen molar-refractivity contribution in [3.8, 4) is 0 Å². The van der Waals surface area contributed by atoms with Crippen LogP contribution in [0.2, 0.25) is 0 Å². The largest absolute Gasteiger partial charge is 0.422 e. The summed E-state index contributed by atoms with van der Waals surface area (Å²) in [6.07, 6.45) is -4.95.